The van der Waals surface area contributed by atoms with Gasteiger partial charge in [0.2, 0.25) is 0 Å². The molecule has 0 aliphatic heterocycles. The summed E-state index contributed by atoms with van der Waals surface area (Å²) in [6.07, 6.45) is 0. The minimum Gasteiger partial charge on any atom is -0.497 e. The molecule has 148 valence electrons. The predicted molar refractivity (Wildman–Crippen MR) is 108 cm³/mol. The number of carbonyl (C=O) groups excluding carboxylic acids is 1. The number of aryl methyl sites for hydroxylation is 2. The number of H-pyrrole nitrogens is 1. The Kier molecular flexibility index (Phi) is 5.53. The lowest BCUT2D eigenvalue weighted by atomic mass is 9.95. The maximum Gasteiger partial charge on any atom is 0.269 e. The molecule has 3 aromatic rings. The van der Waals surface area contributed by atoms with E-state index in [0.29, 0.717) is 5.69 Å². The SMILES string of the molecule is COc1ccc(C(NC(=O)c2cc(-c3c(C)nn(C)c3C)n[nH]2)C(C)C)cc1. The Morgan fingerprint density at radius 1 is 1.21 bits per heavy atom. The fourth-order valence-corrected chi connectivity index (χ4v) is 3.38. The van der Waals surface area contributed by atoms with E-state index in [9.17, 15) is 4.79 Å². The molecule has 7 nitrogen and oxygen atoms in total. The zero-order chi connectivity index (χ0) is 20.4. The Morgan fingerprint density at radius 2 is 1.89 bits per heavy atom. The molecule has 2 heterocycles. The molecule has 0 aliphatic carbocycles. The van der Waals surface area contributed by atoms with Crippen molar-refractivity contribution in [2.45, 2.75) is 33.7 Å². The molecule has 0 spiro atoms. The highest BCUT2D eigenvalue weighted by Gasteiger charge is 2.22. The molecule has 0 aliphatic rings. The van der Waals surface area contributed by atoms with Gasteiger partial charge in [0, 0.05) is 18.3 Å². The summed E-state index contributed by atoms with van der Waals surface area (Å²) >= 11 is 0. The normalized spacial score (nSPS) is 12.2. The Balaban J connectivity index is 1.82. The molecule has 1 unspecified atom stereocenters. The van der Waals surface area contributed by atoms with Crippen molar-refractivity contribution in [2.75, 3.05) is 7.11 Å². The first kappa shape index (κ1) is 19.7. The Labute approximate surface area is 165 Å². The van der Waals surface area contributed by atoms with Gasteiger partial charge in [-0.1, -0.05) is 26.0 Å². The number of hydrogen-bond donors (Lipinski definition) is 2. The first-order valence-electron chi connectivity index (χ1n) is 9.32. The molecule has 1 aromatic carbocycles. The number of aromatic amines is 1. The number of hydrogen-bond acceptors (Lipinski definition) is 4. The third-order valence-electron chi connectivity index (χ3n) is 5.02. The van der Waals surface area contributed by atoms with Crippen LogP contribution in [0, 0.1) is 19.8 Å². The van der Waals surface area contributed by atoms with Gasteiger partial charge in [0.25, 0.3) is 5.91 Å². The van der Waals surface area contributed by atoms with Crippen LogP contribution in [0.2, 0.25) is 0 Å². The lowest BCUT2D eigenvalue weighted by molar-refractivity contribution is 0.0920. The van der Waals surface area contributed by atoms with E-state index in [1.54, 1.807) is 13.2 Å². The fourth-order valence-electron chi connectivity index (χ4n) is 3.38. The molecular formula is C21H27N5O2. The van der Waals surface area contributed by atoms with Crippen molar-refractivity contribution in [1.82, 2.24) is 25.3 Å². The summed E-state index contributed by atoms with van der Waals surface area (Å²) in [5.41, 5.74) is 5.03. The van der Waals surface area contributed by atoms with Crippen molar-refractivity contribution >= 4 is 5.91 Å². The summed E-state index contributed by atoms with van der Waals surface area (Å²) in [6, 6.07) is 9.41. The average Bonchev–Trinajstić information content (AvgIpc) is 3.24. The number of rotatable bonds is 6. The fraction of sp³-hybridized carbons (Fsp3) is 0.381. The summed E-state index contributed by atoms with van der Waals surface area (Å²) < 4.78 is 7.04. The first-order chi connectivity index (χ1) is 13.3. The molecule has 3 rings (SSSR count). The van der Waals surface area contributed by atoms with E-state index in [2.05, 4.69) is 34.5 Å². The maximum atomic E-state index is 12.8. The van der Waals surface area contributed by atoms with Crippen LogP contribution < -0.4 is 10.1 Å². The number of nitrogens with zero attached hydrogens (tertiary/aromatic N) is 3. The molecule has 1 atom stereocenters. The van der Waals surface area contributed by atoms with Crippen molar-refractivity contribution < 1.29 is 9.53 Å². The van der Waals surface area contributed by atoms with Gasteiger partial charge in [-0.15, -0.1) is 0 Å². The molecule has 0 bridgehead atoms. The van der Waals surface area contributed by atoms with Crippen LogP contribution in [0.5, 0.6) is 5.75 Å². The van der Waals surface area contributed by atoms with Crippen molar-refractivity contribution in [3.63, 3.8) is 0 Å². The highest BCUT2D eigenvalue weighted by atomic mass is 16.5. The molecule has 0 radical (unpaired) electrons. The second-order valence-corrected chi connectivity index (χ2v) is 7.30. The van der Waals surface area contributed by atoms with Gasteiger partial charge < -0.3 is 10.1 Å². The Hall–Kier alpha value is -3.09. The molecule has 0 saturated carbocycles. The zero-order valence-electron chi connectivity index (χ0n) is 17.2. The van der Waals surface area contributed by atoms with Gasteiger partial charge >= 0.3 is 0 Å². The molecule has 2 aromatic heterocycles. The van der Waals surface area contributed by atoms with Gasteiger partial charge in [-0.25, -0.2) is 0 Å². The van der Waals surface area contributed by atoms with E-state index >= 15 is 0 Å². The van der Waals surface area contributed by atoms with E-state index in [1.165, 1.54) is 0 Å². The van der Waals surface area contributed by atoms with Gasteiger partial charge in [-0.2, -0.15) is 10.2 Å². The van der Waals surface area contributed by atoms with Gasteiger partial charge in [0.15, 0.2) is 0 Å². The van der Waals surface area contributed by atoms with Gasteiger partial charge in [0.05, 0.1) is 24.5 Å². The summed E-state index contributed by atoms with van der Waals surface area (Å²) in [6.45, 7) is 8.09. The number of amides is 1. The molecule has 1 amide bonds. The van der Waals surface area contributed by atoms with E-state index in [-0.39, 0.29) is 17.9 Å². The third-order valence-corrected chi connectivity index (χ3v) is 5.02. The molecule has 2 N–H and O–H groups in total. The number of methoxy groups -OCH3 is 1. The smallest absolute Gasteiger partial charge is 0.269 e. The van der Waals surface area contributed by atoms with Crippen LogP contribution in [0.1, 0.15) is 47.3 Å². The second kappa shape index (κ2) is 7.88. The third kappa shape index (κ3) is 3.78. The highest BCUT2D eigenvalue weighted by Crippen LogP contribution is 2.27. The van der Waals surface area contributed by atoms with E-state index < -0.39 is 0 Å². The van der Waals surface area contributed by atoms with E-state index in [0.717, 1.165) is 34.0 Å². The molecule has 7 heteroatoms. The molecule has 28 heavy (non-hydrogen) atoms. The minimum absolute atomic E-state index is 0.118. The Bertz CT molecular complexity index is 969. The van der Waals surface area contributed by atoms with E-state index in [1.807, 2.05) is 49.8 Å². The number of carbonyl (C=O) groups is 1. The van der Waals surface area contributed by atoms with Gasteiger partial charge in [-0.3, -0.25) is 14.6 Å². The van der Waals surface area contributed by atoms with Crippen LogP contribution in [-0.4, -0.2) is 33.0 Å². The summed E-state index contributed by atoms with van der Waals surface area (Å²) in [5.74, 6) is 0.827. The van der Waals surface area contributed by atoms with Crippen LogP contribution >= 0.6 is 0 Å². The average molecular weight is 381 g/mol. The summed E-state index contributed by atoms with van der Waals surface area (Å²) in [4.78, 5) is 12.8. The van der Waals surface area contributed by atoms with Crippen molar-refractivity contribution in [1.29, 1.82) is 0 Å². The maximum absolute atomic E-state index is 12.8. The minimum atomic E-state index is -0.188. The standard InChI is InChI=1S/C21H27N5O2/c1-12(2)20(15-7-9-16(28-6)10-8-15)22-21(27)18-11-17(23-24-18)19-13(3)25-26(5)14(19)4/h7-12,20H,1-6H3,(H,22,27)(H,23,24). The Morgan fingerprint density at radius 3 is 2.43 bits per heavy atom. The largest absolute Gasteiger partial charge is 0.497 e. The lowest BCUT2D eigenvalue weighted by Crippen LogP contribution is -2.32. The monoisotopic (exact) mass is 381 g/mol. The van der Waals surface area contributed by atoms with Crippen molar-refractivity contribution in [2.24, 2.45) is 13.0 Å². The first-order valence-corrected chi connectivity index (χ1v) is 9.32. The molecular weight excluding hydrogens is 354 g/mol. The lowest BCUT2D eigenvalue weighted by Gasteiger charge is -2.22. The topological polar surface area (TPSA) is 84.8 Å². The summed E-state index contributed by atoms with van der Waals surface area (Å²) in [5, 5.41) is 14.7. The summed E-state index contributed by atoms with van der Waals surface area (Å²) in [7, 11) is 3.53. The van der Waals surface area contributed by atoms with E-state index in [4.69, 9.17) is 4.74 Å². The zero-order valence-corrected chi connectivity index (χ0v) is 17.2. The number of nitrogens with one attached hydrogen (secondary N) is 2. The predicted octanol–water partition coefficient (Wildman–Crippen LogP) is 3.56. The molecule has 0 fully saturated rings. The van der Waals surface area contributed by atoms with Crippen LogP contribution in [0.4, 0.5) is 0 Å². The van der Waals surface area contributed by atoms with Crippen LogP contribution in [-0.2, 0) is 7.05 Å². The van der Waals surface area contributed by atoms with Crippen molar-refractivity contribution in [3.05, 3.63) is 53.0 Å². The van der Waals surface area contributed by atoms with Gasteiger partial charge in [-0.05, 0) is 43.5 Å². The van der Waals surface area contributed by atoms with Crippen molar-refractivity contribution in [3.8, 4) is 17.0 Å². The quantitative estimate of drug-likeness (QED) is 0.684. The van der Waals surface area contributed by atoms with Crippen LogP contribution in [0.25, 0.3) is 11.3 Å². The number of ether oxygens (including phenoxy) is 1. The van der Waals surface area contributed by atoms with Crippen LogP contribution in [0.15, 0.2) is 30.3 Å². The number of aromatic nitrogens is 4. The van der Waals surface area contributed by atoms with Crippen LogP contribution in [0.3, 0.4) is 0 Å². The van der Waals surface area contributed by atoms with Gasteiger partial charge in [0.1, 0.15) is 11.4 Å². The molecule has 0 saturated heterocycles. The highest BCUT2D eigenvalue weighted by molar-refractivity contribution is 5.93. The number of benzene rings is 1. The second-order valence-electron chi connectivity index (χ2n) is 7.30.